The van der Waals surface area contributed by atoms with Gasteiger partial charge in [-0.25, -0.2) is 4.79 Å². The first-order valence-corrected chi connectivity index (χ1v) is 8.73. The molecule has 0 aliphatic carbocycles. The Bertz CT molecular complexity index is 685. The standard InChI is InChI=1S/C18H24N2O3S/c1-5-10-23-18(21)19-16-9-7-14(11-17(16)22-4)20(3)12-15-8-6-13(2)24-15/h6-9,11H,5,10,12H2,1-4H3,(H,19,21). The van der Waals surface area contributed by atoms with Gasteiger partial charge in [-0.05, 0) is 37.6 Å². The van der Waals surface area contributed by atoms with Gasteiger partial charge in [-0.3, -0.25) is 5.32 Å². The molecule has 0 unspecified atom stereocenters. The maximum Gasteiger partial charge on any atom is 0.411 e. The van der Waals surface area contributed by atoms with Crippen molar-refractivity contribution in [3.05, 3.63) is 40.1 Å². The van der Waals surface area contributed by atoms with Crippen LogP contribution >= 0.6 is 11.3 Å². The number of nitrogens with one attached hydrogen (secondary N) is 1. The van der Waals surface area contributed by atoms with Gasteiger partial charge in [0, 0.05) is 28.6 Å². The van der Waals surface area contributed by atoms with E-state index in [0.717, 1.165) is 18.7 Å². The molecule has 1 N–H and O–H groups in total. The van der Waals surface area contributed by atoms with Gasteiger partial charge in [0.1, 0.15) is 5.75 Å². The number of aryl methyl sites for hydroxylation is 1. The molecule has 6 heteroatoms. The van der Waals surface area contributed by atoms with Gasteiger partial charge in [0.2, 0.25) is 0 Å². The predicted molar refractivity (Wildman–Crippen MR) is 99.4 cm³/mol. The molecule has 0 saturated heterocycles. The Morgan fingerprint density at radius 1 is 1.29 bits per heavy atom. The van der Waals surface area contributed by atoms with Crippen LogP contribution in [0.15, 0.2) is 30.3 Å². The van der Waals surface area contributed by atoms with E-state index in [2.05, 4.69) is 29.3 Å². The van der Waals surface area contributed by atoms with E-state index in [1.165, 1.54) is 9.75 Å². The Hall–Kier alpha value is -2.21. The molecule has 24 heavy (non-hydrogen) atoms. The second-order valence-corrected chi connectivity index (χ2v) is 6.89. The number of benzene rings is 1. The average Bonchev–Trinajstić information content (AvgIpc) is 2.98. The lowest BCUT2D eigenvalue weighted by atomic mass is 10.2. The van der Waals surface area contributed by atoms with Crippen molar-refractivity contribution in [3.63, 3.8) is 0 Å². The molecule has 2 rings (SSSR count). The van der Waals surface area contributed by atoms with Crippen molar-refractivity contribution >= 4 is 28.8 Å². The largest absolute Gasteiger partial charge is 0.494 e. The van der Waals surface area contributed by atoms with Gasteiger partial charge in [-0.1, -0.05) is 6.92 Å². The highest BCUT2D eigenvalue weighted by Crippen LogP contribution is 2.30. The van der Waals surface area contributed by atoms with Gasteiger partial charge in [0.25, 0.3) is 0 Å². The fourth-order valence-electron chi connectivity index (χ4n) is 2.26. The average molecular weight is 348 g/mol. The Morgan fingerprint density at radius 3 is 2.71 bits per heavy atom. The van der Waals surface area contributed by atoms with Crippen LogP contribution in [0.3, 0.4) is 0 Å². The van der Waals surface area contributed by atoms with Crippen LogP contribution in [-0.2, 0) is 11.3 Å². The molecule has 1 aromatic heterocycles. The fourth-order valence-corrected chi connectivity index (χ4v) is 3.20. The summed E-state index contributed by atoms with van der Waals surface area (Å²) in [5.74, 6) is 0.607. The molecule has 0 spiro atoms. The van der Waals surface area contributed by atoms with E-state index in [0.29, 0.717) is 18.0 Å². The molecule has 2 aromatic rings. The maximum atomic E-state index is 11.7. The smallest absolute Gasteiger partial charge is 0.411 e. The number of carbonyl (C=O) groups excluding carboxylic acids is 1. The summed E-state index contributed by atoms with van der Waals surface area (Å²) in [6.07, 6.45) is 0.321. The van der Waals surface area contributed by atoms with Crippen LogP contribution < -0.4 is 15.0 Å². The summed E-state index contributed by atoms with van der Waals surface area (Å²) < 4.78 is 10.4. The van der Waals surface area contributed by atoms with Crippen molar-refractivity contribution in [1.82, 2.24) is 0 Å². The Balaban J connectivity index is 2.08. The second kappa shape index (κ2) is 8.59. The number of carbonyl (C=O) groups is 1. The van der Waals surface area contributed by atoms with Crippen molar-refractivity contribution in [1.29, 1.82) is 0 Å². The SMILES string of the molecule is CCCOC(=O)Nc1ccc(N(C)Cc2ccc(C)s2)cc1OC. The summed E-state index contributed by atoms with van der Waals surface area (Å²) in [6, 6.07) is 9.97. The number of ether oxygens (including phenoxy) is 2. The summed E-state index contributed by atoms with van der Waals surface area (Å²) >= 11 is 1.79. The van der Waals surface area contributed by atoms with Crippen LogP contribution in [0, 0.1) is 6.92 Å². The monoisotopic (exact) mass is 348 g/mol. The van der Waals surface area contributed by atoms with Crippen LogP contribution in [0.5, 0.6) is 5.75 Å². The summed E-state index contributed by atoms with van der Waals surface area (Å²) in [7, 11) is 3.62. The number of anilines is 2. The number of hydrogen-bond donors (Lipinski definition) is 1. The molecule has 0 atom stereocenters. The third-order valence-corrected chi connectivity index (χ3v) is 4.47. The number of amides is 1. The molecule has 5 nitrogen and oxygen atoms in total. The van der Waals surface area contributed by atoms with Crippen LogP contribution in [0.1, 0.15) is 23.1 Å². The van der Waals surface area contributed by atoms with Crippen LogP contribution in [0.2, 0.25) is 0 Å². The number of nitrogens with zero attached hydrogens (tertiary/aromatic N) is 1. The summed E-state index contributed by atoms with van der Waals surface area (Å²) in [4.78, 5) is 16.5. The van der Waals surface area contributed by atoms with E-state index in [1.807, 2.05) is 32.2 Å². The number of thiophene rings is 1. The van der Waals surface area contributed by atoms with E-state index < -0.39 is 6.09 Å². The lowest BCUT2D eigenvalue weighted by Crippen LogP contribution is -2.17. The topological polar surface area (TPSA) is 50.8 Å². The number of rotatable bonds is 7. The lowest BCUT2D eigenvalue weighted by Gasteiger charge is -2.20. The Morgan fingerprint density at radius 2 is 2.08 bits per heavy atom. The summed E-state index contributed by atoms with van der Waals surface area (Å²) in [6.45, 7) is 5.28. The summed E-state index contributed by atoms with van der Waals surface area (Å²) in [5.41, 5.74) is 1.62. The third-order valence-electron chi connectivity index (χ3n) is 3.49. The van der Waals surface area contributed by atoms with Gasteiger partial charge in [-0.15, -0.1) is 11.3 Å². The third kappa shape index (κ3) is 4.89. The van der Waals surface area contributed by atoms with Crippen molar-refractivity contribution in [2.75, 3.05) is 31.0 Å². The minimum Gasteiger partial charge on any atom is -0.494 e. The fraction of sp³-hybridized carbons (Fsp3) is 0.389. The first kappa shape index (κ1) is 18.1. The molecular weight excluding hydrogens is 324 g/mol. The van der Waals surface area contributed by atoms with E-state index in [9.17, 15) is 4.79 Å². The molecule has 0 fully saturated rings. The van der Waals surface area contributed by atoms with E-state index >= 15 is 0 Å². The van der Waals surface area contributed by atoms with Gasteiger partial charge in [-0.2, -0.15) is 0 Å². The number of methoxy groups -OCH3 is 1. The maximum absolute atomic E-state index is 11.7. The second-order valence-electron chi connectivity index (χ2n) is 5.51. The normalized spacial score (nSPS) is 10.3. The predicted octanol–water partition coefficient (Wildman–Crippen LogP) is 4.66. The molecule has 0 aliphatic rings. The first-order valence-electron chi connectivity index (χ1n) is 7.91. The van der Waals surface area contributed by atoms with E-state index in [-0.39, 0.29) is 0 Å². The highest BCUT2D eigenvalue weighted by atomic mass is 32.1. The Kier molecular flexibility index (Phi) is 6.49. The molecule has 130 valence electrons. The Labute approximate surface area is 147 Å². The van der Waals surface area contributed by atoms with Crippen molar-refractivity contribution in [2.24, 2.45) is 0 Å². The molecule has 0 aliphatic heterocycles. The summed E-state index contributed by atoms with van der Waals surface area (Å²) in [5, 5.41) is 2.71. The van der Waals surface area contributed by atoms with E-state index in [1.54, 1.807) is 18.4 Å². The zero-order valence-electron chi connectivity index (χ0n) is 14.6. The van der Waals surface area contributed by atoms with Crippen molar-refractivity contribution < 1.29 is 14.3 Å². The first-order chi connectivity index (χ1) is 11.5. The van der Waals surface area contributed by atoms with E-state index in [4.69, 9.17) is 9.47 Å². The van der Waals surface area contributed by atoms with Gasteiger partial charge in [0.15, 0.2) is 0 Å². The highest BCUT2D eigenvalue weighted by Gasteiger charge is 2.11. The highest BCUT2D eigenvalue weighted by molar-refractivity contribution is 7.11. The zero-order valence-corrected chi connectivity index (χ0v) is 15.4. The molecule has 0 bridgehead atoms. The number of hydrogen-bond acceptors (Lipinski definition) is 5. The van der Waals surface area contributed by atoms with Gasteiger partial charge in [0.05, 0.1) is 25.9 Å². The van der Waals surface area contributed by atoms with Crippen molar-refractivity contribution in [2.45, 2.75) is 26.8 Å². The molecule has 1 amide bonds. The molecule has 1 aromatic carbocycles. The minimum absolute atomic E-state index is 0.398. The van der Waals surface area contributed by atoms with Crippen LogP contribution in [0.25, 0.3) is 0 Å². The molecule has 0 radical (unpaired) electrons. The lowest BCUT2D eigenvalue weighted by molar-refractivity contribution is 0.161. The quantitative estimate of drug-likeness (QED) is 0.790. The van der Waals surface area contributed by atoms with Crippen molar-refractivity contribution in [3.8, 4) is 5.75 Å². The molecule has 1 heterocycles. The minimum atomic E-state index is -0.467. The van der Waals surface area contributed by atoms with Crippen LogP contribution in [-0.4, -0.2) is 26.9 Å². The molecule has 0 saturated carbocycles. The van der Waals surface area contributed by atoms with Gasteiger partial charge < -0.3 is 14.4 Å². The van der Waals surface area contributed by atoms with Gasteiger partial charge >= 0.3 is 6.09 Å². The van der Waals surface area contributed by atoms with Crippen LogP contribution in [0.4, 0.5) is 16.2 Å². The zero-order chi connectivity index (χ0) is 17.5. The molecular formula is C18H24N2O3S.